The second-order valence-corrected chi connectivity index (χ2v) is 5.92. The molecular formula is C15H18ClN3O2. The molecule has 3 rings (SSSR count). The zero-order valence-corrected chi connectivity index (χ0v) is 12.6. The van der Waals surface area contributed by atoms with E-state index in [4.69, 9.17) is 26.6 Å². The summed E-state index contributed by atoms with van der Waals surface area (Å²) in [5.74, 6) is 2.45. The molecule has 2 N–H and O–H groups in total. The maximum Gasteiger partial charge on any atom is 0.229 e. The van der Waals surface area contributed by atoms with Crippen molar-refractivity contribution in [2.45, 2.75) is 44.8 Å². The lowest BCUT2D eigenvalue weighted by Gasteiger charge is -2.13. The van der Waals surface area contributed by atoms with E-state index < -0.39 is 0 Å². The Hall–Kier alpha value is -1.59. The Kier molecular flexibility index (Phi) is 4.12. The molecule has 112 valence electrons. The average Bonchev–Trinajstić information content (AvgIpc) is 3.19. The van der Waals surface area contributed by atoms with Gasteiger partial charge in [-0.15, -0.1) is 0 Å². The van der Waals surface area contributed by atoms with Gasteiger partial charge in [-0.1, -0.05) is 22.8 Å². The Bertz CT molecular complexity index is 623. The van der Waals surface area contributed by atoms with E-state index in [9.17, 15) is 0 Å². The molecule has 1 unspecified atom stereocenters. The molecule has 0 spiro atoms. The molecule has 6 heteroatoms. The monoisotopic (exact) mass is 307 g/mol. The Balaban J connectivity index is 1.70. The summed E-state index contributed by atoms with van der Waals surface area (Å²) < 4.78 is 11.0. The van der Waals surface area contributed by atoms with Crippen molar-refractivity contribution in [1.29, 1.82) is 0 Å². The first-order chi connectivity index (χ1) is 10.1. The van der Waals surface area contributed by atoms with Crippen molar-refractivity contribution in [2.24, 2.45) is 5.73 Å². The van der Waals surface area contributed by atoms with Gasteiger partial charge >= 0.3 is 0 Å². The molecule has 0 bridgehead atoms. The highest BCUT2D eigenvalue weighted by Gasteiger charge is 2.29. The fourth-order valence-electron chi connectivity index (χ4n) is 2.16. The summed E-state index contributed by atoms with van der Waals surface area (Å²) >= 11 is 6.22. The molecule has 0 saturated heterocycles. The van der Waals surface area contributed by atoms with Crippen LogP contribution in [0.1, 0.15) is 43.0 Å². The van der Waals surface area contributed by atoms with Gasteiger partial charge in [0.1, 0.15) is 5.75 Å². The lowest BCUT2D eigenvalue weighted by atomic mass is 10.1. The lowest BCUT2D eigenvalue weighted by molar-refractivity contribution is 0.282. The summed E-state index contributed by atoms with van der Waals surface area (Å²) in [5, 5.41) is 4.60. The Morgan fingerprint density at radius 1 is 1.48 bits per heavy atom. The molecule has 1 heterocycles. The molecule has 5 nitrogen and oxygen atoms in total. The average molecular weight is 308 g/mol. The van der Waals surface area contributed by atoms with E-state index in [1.54, 1.807) is 0 Å². The van der Waals surface area contributed by atoms with Crippen LogP contribution >= 0.6 is 11.6 Å². The minimum Gasteiger partial charge on any atom is -0.485 e. The van der Waals surface area contributed by atoms with Crippen LogP contribution in [-0.4, -0.2) is 16.2 Å². The highest BCUT2D eigenvalue weighted by Crippen LogP contribution is 2.38. The molecule has 1 fully saturated rings. The zero-order chi connectivity index (χ0) is 14.8. The zero-order valence-electron chi connectivity index (χ0n) is 11.9. The van der Waals surface area contributed by atoms with Crippen molar-refractivity contribution in [2.75, 3.05) is 0 Å². The molecule has 2 aromatic rings. The van der Waals surface area contributed by atoms with Crippen LogP contribution in [0.5, 0.6) is 5.75 Å². The molecular weight excluding hydrogens is 290 g/mol. The molecule has 1 saturated carbocycles. The predicted octanol–water partition coefficient (Wildman–Crippen LogP) is 3.07. The van der Waals surface area contributed by atoms with E-state index >= 15 is 0 Å². The summed E-state index contributed by atoms with van der Waals surface area (Å²) in [6.07, 6.45) is 2.93. The number of rotatable bonds is 6. The Morgan fingerprint density at radius 2 is 2.29 bits per heavy atom. The van der Waals surface area contributed by atoms with Gasteiger partial charge in [0.2, 0.25) is 11.7 Å². The Morgan fingerprint density at radius 3 is 3.00 bits per heavy atom. The second kappa shape index (κ2) is 6.03. The van der Waals surface area contributed by atoms with Crippen molar-refractivity contribution >= 4 is 11.6 Å². The number of halogens is 1. The molecule has 1 aromatic heterocycles. The predicted molar refractivity (Wildman–Crippen MR) is 79.4 cm³/mol. The van der Waals surface area contributed by atoms with E-state index in [-0.39, 0.29) is 12.6 Å². The number of hydrogen-bond donors (Lipinski definition) is 1. The van der Waals surface area contributed by atoms with Crippen LogP contribution in [0.15, 0.2) is 22.7 Å². The van der Waals surface area contributed by atoms with Crippen molar-refractivity contribution in [3.05, 3.63) is 40.5 Å². The highest BCUT2D eigenvalue weighted by atomic mass is 35.5. The molecule has 1 aliphatic carbocycles. The van der Waals surface area contributed by atoms with Crippen LogP contribution in [0.2, 0.25) is 5.02 Å². The first kappa shape index (κ1) is 14.4. The van der Waals surface area contributed by atoms with E-state index in [1.807, 2.05) is 25.1 Å². The first-order valence-electron chi connectivity index (χ1n) is 7.11. The summed E-state index contributed by atoms with van der Waals surface area (Å²) in [5.41, 5.74) is 6.78. The van der Waals surface area contributed by atoms with Gasteiger partial charge in [0.25, 0.3) is 0 Å². The maximum atomic E-state index is 6.22. The summed E-state index contributed by atoms with van der Waals surface area (Å²) in [6, 6.07) is 5.59. The van der Waals surface area contributed by atoms with Gasteiger partial charge in [0.05, 0.1) is 0 Å². The van der Waals surface area contributed by atoms with Crippen molar-refractivity contribution in [3.63, 3.8) is 0 Å². The van der Waals surface area contributed by atoms with E-state index in [0.29, 0.717) is 23.2 Å². The summed E-state index contributed by atoms with van der Waals surface area (Å²) in [7, 11) is 0. The van der Waals surface area contributed by atoms with Crippen LogP contribution < -0.4 is 10.5 Å². The Labute approximate surface area is 128 Å². The number of benzene rings is 1. The lowest BCUT2D eigenvalue weighted by Crippen LogP contribution is -2.18. The minimum atomic E-state index is 0.0129. The number of nitrogens with two attached hydrogens (primary N) is 1. The number of nitrogens with zero attached hydrogens (tertiary/aromatic N) is 2. The van der Waals surface area contributed by atoms with Gasteiger partial charge < -0.3 is 15.0 Å². The van der Waals surface area contributed by atoms with Crippen molar-refractivity contribution in [1.82, 2.24) is 10.1 Å². The van der Waals surface area contributed by atoms with Crippen LogP contribution in [-0.2, 0) is 13.0 Å². The number of aromatic nitrogens is 2. The van der Waals surface area contributed by atoms with E-state index in [2.05, 4.69) is 10.1 Å². The molecule has 0 radical (unpaired) electrons. The van der Waals surface area contributed by atoms with Crippen LogP contribution in [0.4, 0.5) is 0 Å². The van der Waals surface area contributed by atoms with Gasteiger partial charge in [-0.25, -0.2) is 0 Å². The standard InChI is InChI=1S/C15H18ClN3O2/c1-9(17)7-11-12(16)3-2-4-13(11)20-8-14-18-15(21-19-14)10-5-6-10/h2-4,9-10H,5-8,17H2,1H3. The molecule has 21 heavy (non-hydrogen) atoms. The normalized spacial score (nSPS) is 16.0. The molecule has 0 aliphatic heterocycles. The molecule has 0 amide bonds. The fourth-order valence-corrected chi connectivity index (χ4v) is 2.40. The number of hydrogen-bond acceptors (Lipinski definition) is 5. The largest absolute Gasteiger partial charge is 0.485 e. The molecule has 1 aromatic carbocycles. The third-order valence-electron chi connectivity index (χ3n) is 3.37. The quantitative estimate of drug-likeness (QED) is 0.887. The van der Waals surface area contributed by atoms with Crippen LogP contribution in [0.3, 0.4) is 0 Å². The molecule has 1 atom stereocenters. The SMILES string of the molecule is CC(N)Cc1c(Cl)cccc1OCc1noc(C2CC2)n1. The fraction of sp³-hybridized carbons (Fsp3) is 0.467. The van der Waals surface area contributed by atoms with Crippen molar-refractivity contribution in [3.8, 4) is 5.75 Å². The van der Waals surface area contributed by atoms with Gasteiger partial charge in [0, 0.05) is 22.5 Å². The highest BCUT2D eigenvalue weighted by molar-refractivity contribution is 6.31. The summed E-state index contributed by atoms with van der Waals surface area (Å²) in [6.45, 7) is 2.21. The maximum absolute atomic E-state index is 6.22. The third kappa shape index (κ3) is 3.54. The second-order valence-electron chi connectivity index (χ2n) is 5.51. The topological polar surface area (TPSA) is 74.2 Å². The van der Waals surface area contributed by atoms with Gasteiger partial charge in [-0.3, -0.25) is 0 Å². The van der Waals surface area contributed by atoms with Gasteiger partial charge in [-0.05, 0) is 38.3 Å². The van der Waals surface area contributed by atoms with E-state index in [1.165, 1.54) is 0 Å². The third-order valence-corrected chi connectivity index (χ3v) is 3.72. The smallest absolute Gasteiger partial charge is 0.229 e. The van der Waals surface area contributed by atoms with E-state index in [0.717, 1.165) is 30.0 Å². The summed E-state index contributed by atoms with van der Waals surface area (Å²) in [4.78, 5) is 4.34. The van der Waals surface area contributed by atoms with Crippen LogP contribution in [0.25, 0.3) is 0 Å². The van der Waals surface area contributed by atoms with Crippen molar-refractivity contribution < 1.29 is 9.26 Å². The van der Waals surface area contributed by atoms with Gasteiger partial charge in [-0.2, -0.15) is 4.98 Å². The first-order valence-corrected chi connectivity index (χ1v) is 7.49. The van der Waals surface area contributed by atoms with Gasteiger partial charge in [0.15, 0.2) is 6.61 Å². The minimum absolute atomic E-state index is 0.0129. The number of ether oxygens (including phenoxy) is 1. The van der Waals surface area contributed by atoms with Crippen LogP contribution in [0, 0.1) is 0 Å². The molecule has 1 aliphatic rings.